The molecular formula is C15H20N6O. The molecule has 1 N–H and O–H groups in total. The molecule has 1 aliphatic heterocycles. The third-order valence-electron chi connectivity index (χ3n) is 4.05. The fourth-order valence-electron chi connectivity index (χ4n) is 2.62. The number of pyridine rings is 1. The van der Waals surface area contributed by atoms with Crippen molar-refractivity contribution in [2.24, 2.45) is 0 Å². The van der Waals surface area contributed by atoms with Crippen molar-refractivity contribution in [2.75, 3.05) is 13.1 Å². The summed E-state index contributed by atoms with van der Waals surface area (Å²) in [6, 6.07) is 3.79. The molecular weight excluding hydrogens is 280 g/mol. The largest absolute Gasteiger partial charge is 0.337 e. The molecule has 0 saturated carbocycles. The monoisotopic (exact) mass is 300 g/mol. The quantitative estimate of drug-likeness (QED) is 0.908. The van der Waals surface area contributed by atoms with Crippen molar-refractivity contribution in [3.63, 3.8) is 0 Å². The molecule has 1 saturated heterocycles. The minimum atomic E-state index is -0.0357. The van der Waals surface area contributed by atoms with Crippen LogP contribution in [0, 0.1) is 0 Å². The number of rotatable bonds is 2. The Kier molecular flexibility index (Phi) is 3.64. The average Bonchev–Trinajstić information content (AvgIpc) is 3.16. The zero-order valence-electron chi connectivity index (χ0n) is 13.1. The average molecular weight is 300 g/mol. The van der Waals surface area contributed by atoms with Crippen molar-refractivity contribution in [3.05, 3.63) is 35.4 Å². The zero-order chi connectivity index (χ0) is 15.7. The van der Waals surface area contributed by atoms with E-state index in [9.17, 15) is 4.79 Å². The van der Waals surface area contributed by atoms with Crippen LogP contribution in [0.4, 0.5) is 0 Å². The third kappa shape index (κ3) is 2.84. The molecule has 3 heterocycles. The zero-order valence-corrected chi connectivity index (χ0v) is 13.1. The topological polar surface area (TPSA) is 87.7 Å². The number of nitrogens with one attached hydrogen (secondary N) is 1. The first kappa shape index (κ1) is 14.6. The molecule has 7 nitrogen and oxygen atoms in total. The summed E-state index contributed by atoms with van der Waals surface area (Å²) in [4.78, 5) is 18.7. The number of likely N-dealkylation sites (tertiary alicyclic amines) is 1. The van der Waals surface area contributed by atoms with Crippen molar-refractivity contribution in [3.8, 4) is 0 Å². The summed E-state index contributed by atoms with van der Waals surface area (Å²) in [5.41, 5.74) is 1.64. The van der Waals surface area contributed by atoms with E-state index in [1.165, 1.54) is 0 Å². The molecule has 1 aliphatic rings. The van der Waals surface area contributed by atoms with Gasteiger partial charge in [0.15, 0.2) is 5.82 Å². The van der Waals surface area contributed by atoms with Gasteiger partial charge in [-0.3, -0.25) is 9.78 Å². The Bertz CT molecular complexity index is 644. The Morgan fingerprint density at radius 1 is 1.36 bits per heavy atom. The number of hydrogen-bond donors (Lipinski definition) is 1. The van der Waals surface area contributed by atoms with Crippen LogP contribution in [0.15, 0.2) is 18.3 Å². The van der Waals surface area contributed by atoms with Crippen LogP contribution in [-0.4, -0.2) is 49.5 Å². The van der Waals surface area contributed by atoms with E-state index >= 15 is 0 Å². The summed E-state index contributed by atoms with van der Waals surface area (Å²) >= 11 is 0. The Morgan fingerprint density at radius 3 is 2.77 bits per heavy atom. The standard InChI is InChI=1S/C15H20N6O/c1-15(2,3)11-4-5-12(16-8-11)14(22)21-7-6-10(9-21)13-17-19-20-18-13/h4-5,8,10H,6-7,9H2,1-3H3,(H,17,18,19,20). The molecule has 0 radical (unpaired) electrons. The van der Waals surface area contributed by atoms with Gasteiger partial charge in [0.2, 0.25) is 0 Å². The SMILES string of the molecule is CC(C)(C)c1ccc(C(=O)N2CCC(c3nn[nH]n3)C2)nc1. The Morgan fingerprint density at radius 2 is 2.18 bits per heavy atom. The summed E-state index contributed by atoms with van der Waals surface area (Å²) in [5, 5.41) is 14.0. The molecule has 116 valence electrons. The van der Waals surface area contributed by atoms with Gasteiger partial charge in [-0.1, -0.05) is 32.1 Å². The van der Waals surface area contributed by atoms with Gasteiger partial charge in [-0.15, -0.1) is 10.2 Å². The van der Waals surface area contributed by atoms with E-state index in [1.54, 1.807) is 11.1 Å². The van der Waals surface area contributed by atoms with Crippen molar-refractivity contribution in [1.29, 1.82) is 0 Å². The van der Waals surface area contributed by atoms with Gasteiger partial charge in [0, 0.05) is 25.2 Å². The normalized spacial score (nSPS) is 18.7. The lowest BCUT2D eigenvalue weighted by Crippen LogP contribution is -2.29. The number of nitrogens with zero attached hydrogens (tertiary/aromatic N) is 5. The van der Waals surface area contributed by atoms with E-state index in [0.717, 1.165) is 12.0 Å². The highest BCUT2D eigenvalue weighted by Gasteiger charge is 2.31. The number of aromatic nitrogens is 5. The Hall–Kier alpha value is -2.31. The van der Waals surface area contributed by atoms with Gasteiger partial charge in [-0.25, -0.2) is 0 Å². The first-order valence-corrected chi connectivity index (χ1v) is 7.44. The highest BCUT2D eigenvalue weighted by Crippen LogP contribution is 2.25. The minimum Gasteiger partial charge on any atom is -0.337 e. The van der Waals surface area contributed by atoms with E-state index in [4.69, 9.17) is 0 Å². The number of hydrogen-bond acceptors (Lipinski definition) is 5. The number of tetrazole rings is 1. The van der Waals surface area contributed by atoms with Crippen LogP contribution in [0.5, 0.6) is 0 Å². The van der Waals surface area contributed by atoms with Gasteiger partial charge in [0.05, 0.1) is 0 Å². The van der Waals surface area contributed by atoms with E-state index in [0.29, 0.717) is 24.6 Å². The molecule has 1 amide bonds. The highest BCUT2D eigenvalue weighted by molar-refractivity contribution is 5.92. The van der Waals surface area contributed by atoms with Crippen LogP contribution < -0.4 is 0 Å². The lowest BCUT2D eigenvalue weighted by Gasteiger charge is -2.19. The van der Waals surface area contributed by atoms with E-state index < -0.39 is 0 Å². The molecule has 3 rings (SSSR count). The number of carbonyl (C=O) groups excluding carboxylic acids is 1. The summed E-state index contributed by atoms with van der Waals surface area (Å²) in [6.45, 7) is 7.69. The van der Waals surface area contributed by atoms with E-state index in [2.05, 4.69) is 46.4 Å². The van der Waals surface area contributed by atoms with Gasteiger partial charge >= 0.3 is 0 Å². The summed E-state index contributed by atoms with van der Waals surface area (Å²) in [6.07, 6.45) is 2.64. The molecule has 1 fully saturated rings. The van der Waals surface area contributed by atoms with Crippen LogP contribution in [0.2, 0.25) is 0 Å². The maximum atomic E-state index is 12.5. The number of carbonyl (C=O) groups is 1. The molecule has 1 atom stereocenters. The van der Waals surface area contributed by atoms with Gasteiger partial charge in [-0.05, 0) is 23.5 Å². The van der Waals surface area contributed by atoms with Crippen LogP contribution >= 0.6 is 0 Å². The highest BCUT2D eigenvalue weighted by atomic mass is 16.2. The molecule has 2 aromatic heterocycles. The van der Waals surface area contributed by atoms with Crippen LogP contribution in [0.1, 0.15) is 55.0 Å². The number of H-pyrrole nitrogens is 1. The van der Waals surface area contributed by atoms with Crippen LogP contribution in [-0.2, 0) is 5.41 Å². The summed E-state index contributed by atoms with van der Waals surface area (Å²) < 4.78 is 0. The van der Waals surface area contributed by atoms with Crippen molar-refractivity contribution >= 4 is 5.91 Å². The Labute approximate surface area is 129 Å². The minimum absolute atomic E-state index is 0.0337. The second kappa shape index (κ2) is 5.47. The smallest absolute Gasteiger partial charge is 0.272 e. The van der Waals surface area contributed by atoms with Gasteiger partial charge < -0.3 is 4.90 Å². The molecule has 22 heavy (non-hydrogen) atoms. The fraction of sp³-hybridized carbons (Fsp3) is 0.533. The summed E-state index contributed by atoms with van der Waals surface area (Å²) in [7, 11) is 0. The van der Waals surface area contributed by atoms with Crippen molar-refractivity contribution in [1.82, 2.24) is 30.5 Å². The van der Waals surface area contributed by atoms with Gasteiger partial charge in [0.25, 0.3) is 5.91 Å². The Balaban J connectivity index is 1.70. The first-order chi connectivity index (χ1) is 10.4. The second-order valence-corrected chi connectivity index (χ2v) is 6.69. The predicted octanol–water partition coefficient (Wildman–Crippen LogP) is 1.52. The maximum Gasteiger partial charge on any atom is 0.272 e. The third-order valence-corrected chi connectivity index (χ3v) is 4.05. The lowest BCUT2D eigenvalue weighted by atomic mass is 9.88. The molecule has 2 aromatic rings. The molecule has 1 unspecified atom stereocenters. The summed E-state index contributed by atoms with van der Waals surface area (Å²) in [5.74, 6) is 0.786. The number of amides is 1. The molecule has 0 spiro atoms. The molecule has 0 aliphatic carbocycles. The second-order valence-electron chi connectivity index (χ2n) is 6.69. The predicted molar refractivity (Wildman–Crippen MR) is 80.4 cm³/mol. The molecule has 0 bridgehead atoms. The fourth-order valence-corrected chi connectivity index (χ4v) is 2.62. The maximum absolute atomic E-state index is 12.5. The number of aromatic amines is 1. The van der Waals surface area contributed by atoms with E-state index in [1.807, 2.05) is 12.1 Å². The van der Waals surface area contributed by atoms with Gasteiger partial charge in [-0.2, -0.15) is 5.21 Å². The van der Waals surface area contributed by atoms with Crippen LogP contribution in [0.25, 0.3) is 0 Å². The van der Waals surface area contributed by atoms with Gasteiger partial charge in [0.1, 0.15) is 5.69 Å². The van der Waals surface area contributed by atoms with Crippen molar-refractivity contribution < 1.29 is 4.79 Å². The molecule has 0 aromatic carbocycles. The van der Waals surface area contributed by atoms with E-state index in [-0.39, 0.29) is 17.2 Å². The van der Waals surface area contributed by atoms with Crippen LogP contribution in [0.3, 0.4) is 0 Å². The van der Waals surface area contributed by atoms with Crippen molar-refractivity contribution in [2.45, 2.75) is 38.5 Å². The lowest BCUT2D eigenvalue weighted by molar-refractivity contribution is 0.0784. The molecule has 7 heteroatoms. The first-order valence-electron chi connectivity index (χ1n) is 7.44.